The molecule has 2 heterocycles. The molecule has 8 heteroatoms. The van der Waals surface area contributed by atoms with Gasteiger partial charge in [0.2, 0.25) is 0 Å². The number of aromatic nitrogens is 1. The summed E-state index contributed by atoms with van der Waals surface area (Å²) >= 11 is 5.71. The van der Waals surface area contributed by atoms with Crippen molar-refractivity contribution >= 4 is 34.9 Å². The average molecular weight is 304 g/mol. The number of anilines is 1. The van der Waals surface area contributed by atoms with Crippen molar-refractivity contribution in [2.45, 2.75) is 0 Å². The summed E-state index contributed by atoms with van der Waals surface area (Å²) in [6.07, 6.45) is 1.29. The normalized spacial score (nSPS) is 13.5. The van der Waals surface area contributed by atoms with Crippen molar-refractivity contribution in [3.63, 3.8) is 0 Å². The number of amides is 2. The van der Waals surface area contributed by atoms with Crippen LogP contribution in [0.15, 0.2) is 36.5 Å². The average Bonchev–Trinajstić information content (AvgIpc) is 2.72. The van der Waals surface area contributed by atoms with Gasteiger partial charge in [0.15, 0.2) is 0 Å². The van der Waals surface area contributed by atoms with Crippen LogP contribution in [-0.4, -0.2) is 21.7 Å². The smallest absolute Gasteiger partial charge is 0.268 e. The monoisotopic (exact) mass is 303 g/mol. The fourth-order valence-corrected chi connectivity index (χ4v) is 2.24. The van der Waals surface area contributed by atoms with Crippen molar-refractivity contribution < 1.29 is 14.5 Å². The van der Waals surface area contributed by atoms with Crippen molar-refractivity contribution in [1.29, 1.82) is 0 Å². The Morgan fingerprint density at radius 2 is 1.90 bits per heavy atom. The van der Waals surface area contributed by atoms with Crippen LogP contribution in [0.25, 0.3) is 0 Å². The number of carbonyl (C=O) groups is 2. The Kier molecular flexibility index (Phi) is 2.91. The van der Waals surface area contributed by atoms with E-state index in [1.165, 1.54) is 36.5 Å². The van der Waals surface area contributed by atoms with Crippen LogP contribution >= 0.6 is 11.6 Å². The van der Waals surface area contributed by atoms with Crippen molar-refractivity contribution in [1.82, 2.24) is 4.98 Å². The number of hydrogen-bond donors (Lipinski definition) is 0. The molecule has 0 spiro atoms. The minimum Gasteiger partial charge on any atom is -0.268 e. The number of carbonyl (C=O) groups excluding carboxylic acids is 2. The van der Waals surface area contributed by atoms with Crippen molar-refractivity contribution in [3.8, 4) is 0 Å². The quantitative estimate of drug-likeness (QED) is 0.482. The Bertz CT molecular complexity index is 789. The van der Waals surface area contributed by atoms with E-state index in [-0.39, 0.29) is 16.9 Å². The van der Waals surface area contributed by atoms with E-state index in [1.54, 1.807) is 0 Å². The summed E-state index contributed by atoms with van der Waals surface area (Å²) in [6, 6.07) is 6.79. The van der Waals surface area contributed by atoms with E-state index in [0.29, 0.717) is 5.02 Å². The molecule has 0 unspecified atom stereocenters. The minimum atomic E-state index is -0.767. The lowest BCUT2D eigenvalue weighted by Crippen LogP contribution is -2.30. The topological polar surface area (TPSA) is 93.4 Å². The molecule has 1 aliphatic heterocycles. The third kappa shape index (κ3) is 1.95. The largest absolute Gasteiger partial charge is 0.283 e. The van der Waals surface area contributed by atoms with Crippen LogP contribution in [-0.2, 0) is 0 Å². The first-order valence-electron chi connectivity index (χ1n) is 5.78. The van der Waals surface area contributed by atoms with Gasteiger partial charge in [0.1, 0.15) is 11.4 Å². The molecule has 2 aromatic rings. The highest BCUT2D eigenvalue weighted by Crippen LogP contribution is 2.33. The fourth-order valence-electron chi connectivity index (χ4n) is 2.13. The summed E-state index contributed by atoms with van der Waals surface area (Å²) in [5, 5.41) is 11.3. The summed E-state index contributed by atoms with van der Waals surface area (Å²) in [7, 11) is 0. The molecular weight excluding hydrogens is 298 g/mol. The summed E-state index contributed by atoms with van der Waals surface area (Å²) in [4.78, 5) is 39.6. The van der Waals surface area contributed by atoms with Gasteiger partial charge in [0, 0.05) is 12.3 Å². The van der Waals surface area contributed by atoms with Crippen LogP contribution in [0.5, 0.6) is 0 Å². The molecule has 0 atom stereocenters. The summed E-state index contributed by atoms with van der Waals surface area (Å²) < 4.78 is 0. The van der Waals surface area contributed by atoms with Gasteiger partial charge in [-0.1, -0.05) is 17.7 Å². The van der Waals surface area contributed by atoms with Gasteiger partial charge in [-0.3, -0.25) is 19.7 Å². The van der Waals surface area contributed by atoms with Gasteiger partial charge in [-0.2, -0.15) is 0 Å². The zero-order valence-corrected chi connectivity index (χ0v) is 11.1. The minimum absolute atomic E-state index is 0.00838. The van der Waals surface area contributed by atoms with Crippen LogP contribution in [0.1, 0.15) is 20.7 Å². The van der Waals surface area contributed by atoms with Gasteiger partial charge in [-0.05, 0) is 18.2 Å². The second-order valence-corrected chi connectivity index (χ2v) is 4.67. The molecule has 1 aromatic heterocycles. The van der Waals surface area contributed by atoms with Crippen LogP contribution in [0.3, 0.4) is 0 Å². The Morgan fingerprint density at radius 3 is 2.52 bits per heavy atom. The number of rotatable bonds is 2. The molecule has 0 aliphatic carbocycles. The fraction of sp³-hybridized carbons (Fsp3) is 0. The maximum absolute atomic E-state index is 12.3. The lowest BCUT2D eigenvalue weighted by molar-refractivity contribution is -0.385. The molecule has 7 nitrogen and oxygen atoms in total. The molecule has 1 aromatic carbocycles. The molecule has 0 fully saturated rings. The van der Waals surface area contributed by atoms with Gasteiger partial charge in [0.25, 0.3) is 17.5 Å². The van der Waals surface area contributed by atoms with E-state index in [0.717, 1.165) is 4.90 Å². The van der Waals surface area contributed by atoms with Crippen molar-refractivity contribution in [2.75, 3.05) is 4.90 Å². The zero-order chi connectivity index (χ0) is 15.1. The molecule has 1 aliphatic rings. The van der Waals surface area contributed by atoms with E-state index >= 15 is 0 Å². The first-order valence-corrected chi connectivity index (χ1v) is 6.16. The number of hydrogen-bond acceptors (Lipinski definition) is 5. The first kappa shape index (κ1) is 13.2. The van der Waals surface area contributed by atoms with Crippen molar-refractivity contribution in [2.24, 2.45) is 0 Å². The molecule has 104 valence electrons. The van der Waals surface area contributed by atoms with Gasteiger partial charge >= 0.3 is 0 Å². The number of halogens is 1. The highest BCUT2D eigenvalue weighted by molar-refractivity contribution is 6.35. The molecule has 0 N–H and O–H groups in total. The Labute approximate surface area is 122 Å². The second-order valence-electron chi connectivity index (χ2n) is 4.24. The maximum Gasteiger partial charge on any atom is 0.283 e. The highest BCUT2D eigenvalue weighted by atomic mass is 35.5. The molecule has 0 saturated carbocycles. The number of benzene rings is 1. The van der Waals surface area contributed by atoms with Gasteiger partial charge < -0.3 is 0 Å². The standard InChI is InChI=1S/C13H6ClN3O4/c14-7-4-5-10(15-6-7)16-12(18)8-2-1-3-9(17(20)21)11(8)13(16)19/h1-6H. The van der Waals surface area contributed by atoms with Crippen LogP contribution < -0.4 is 4.90 Å². The highest BCUT2D eigenvalue weighted by Gasteiger charge is 2.42. The lowest BCUT2D eigenvalue weighted by Gasteiger charge is -2.11. The van der Waals surface area contributed by atoms with E-state index < -0.39 is 22.4 Å². The molecule has 0 saturated heterocycles. The molecule has 0 bridgehead atoms. The Morgan fingerprint density at radius 1 is 1.14 bits per heavy atom. The molecule has 3 rings (SSSR count). The summed E-state index contributed by atoms with van der Waals surface area (Å²) in [5.74, 6) is -1.34. The predicted octanol–water partition coefficient (Wildman–Crippen LogP) is 2.44. The molecule has 2 amide bonds. The number of imide groups is 1. The zero-order valence-electron chi connectivity index (χ0n) is 10.3. The number of nitrogens with zero attached hydrogens (tertiary/aromatic N) is 3. The number of nitro groups is 1. The Balaban J connectivity index is 2.15. The van der Waals surface area contributed by atoms with Crippen molar-refractivity contribution in [3.05, 3.63) is 62.8 Å². The van der Waals surface area contributed by atoms with E-state index in [9.17, 15) is 19.7 Å². The maximum atomic E-state index is 12.3. The molecule has 21 heavy (non-hydrogen) atoms. The van der Waals surface area contributed by atoms with E-state index in [4.69, 9.17) is 11.6 Å². The molecular formula is C13H6ClN3O4. The SMILES string of the molecule is O=C1c2cccc([N+](=O)[O-])c2C(=O)N1c1ccc(Cl)cn1. The third-order valence-corrected chi connectivity index (χ3v) is 3.25. The van der Waals surface area contributed by atoms with Crippen LogP contribution in [0.2, 0.25) is 5.02 Å². The predicted molar refractivity (Wildman–Crippen MR) is 73.5 cm³/mol. The van der Waals surface area contributed by atoms with Gasteiger partial charge in [-0.15, -0.1) is 0 Å². The lowest BCUT2D eigenvalue weighted by atomic mass is 10.1. The second kappa shape index (κ2) is 4.64. The number of fused-ring (bicyclic) bond motifs is 1. The number of nitro benzene ring substituents is 1. The first-order chi connectivity index (χ1) is 10.0. The van der Waals surface area contributed by atoms with Gasteiger partial charge in [0.05, 0.1) is 15.5 Å². The summed E-state index contributed by atoms with van der Waals surface area (Å²) in [6.45, 7) is 0. The molecule has 0 radical (unpaired) electrons. The third-order valence-electron chi connectivity index (χ3n) is 3.03. The summed E-state index contributed by atoms with van der Waals surface area (Å²) in [5.41, 5.74) is -0.627. The van der Waals surface area contributed by atoms with Gasteiger partial charge in [-0.25, -0.2) is 9.88 Å². The number of pyridine rings is 1. The van der Waals surface area contributed by atoms with E-state index in [1.807, 2.05) is 0 Å². The Hall–Kier alpha value is -2.80. The van der Waals surface area contributed by atoms with Crippen LogP contribution in [0, 0.1) is 10.1 Å². The van der Waals surface area contributed by atoms with E-state index in [2.05, 4.69) is 4.98 Å². The van der Waals surface area contributed by atoms with Crippen LogP contribution in [0.4, 0.5) is 11.5 Å².